The summed E-state index contributed by atoms with van der Waals surface area (Å²) in [6.45, 7) is 5.39. The maximum absolute atomic E-state index is 11.0. The van der Waals surface area contributed by atoms with E-state index in [0.29, 0.717) is 18.5 Å². The van der Waals surface area contributed by atoms with Crippen molar-refractivity contribution < 1.29 is 9.53 Å². The smallest absolute Gasteiger partial charge is 0.407 e. The van der Waals surface area contributed by atoms with E-state index in [0.717, 1.165) is 19.6 Å². The zero-order valence-corrected chi connectivity index (χ0v) is 10.5. The number of nitrogens with zero attached hydrogens (tertiary/aromatic N) is 1. The number of nitrogens with one attached hydrogen (secondary N) is 1. The Morgan fingerprint density at radius 1 is 1.53 bits per heavy atom. The van der Waals surface area contributed by atoms with E-state index in [1.54, 1.807) is 0 Å². The van der Waals surface area contributed by atoms with E-state index >= 15 is 0 Å². The quantitative estimate of drug-likeness (QED) is 0.737. The summed E-state index contributed by atoms with van der Waals surface area (Å²) in [5, 5.41) is 2.70. The number of amides is 1. The van der Waals surface area contributed by atoms with Gasteiger partial charge in [-0.25, -0.2) is 4.79 Å². The molecule has 3 N–H and O–H groups in total. The molecule has 0 bridgehead atoms. The molecule has 5 nitrogen and oxygen atoms in total. The number of likely N-dealkylation sites (N-methyl/N-ethyl adjacent to an activating group) is 1. The molecule has 2 fully saturated rings. The van der Waals surface area contributed by atoms with Crippen LogP contribution in [0.25, 0.3) is 0 Å². The molecule has 2 rings (SSSR count). The van der Waals surface area contributed by atoms with Gasteiger partial charge in [0.1, 0.15) is 6.10 Å². The van der Waals surface area contributed by atoms with Crippen LogP contribution in [0.15, 0.2) is 0 Å². The fraction of sp³-hybridized carbons (Fsp3) is 0.917. The zero-order chi connectivity index (χ0) is 12.3. The Hall–Kier alpha value is -0.810. The van der Waals surface area contributed by atoms with Crippen molar-refractivity contribution >= 4 is 6.09 Å². The van der Waals surface area contributed by atoms with Gasteiger partial charge in [-0.1, -0.05) is 13.3 Å². The van der Waals surface area contributed by atoms with Crippen LogP contribution in [0, 0.1) is 5.92 Å². The molecule has 0 aromatic rings. The molecular weight excluding hydrogens is 218 g/mol. The molecule has 1 saturated carbocycles. The molecule has 3 unspecified atom stereocenters. The Bertz CT molecular complexity index is 272. The first kappa shape index (κ1) is 12.6. The maximum atomic E-state index is 11.0. The van der Waals surface area contributed by atoms with Gasteiger partial charge in [0.2, 0.25) is 0 Å². The van der Waals surface area contributed by atoms with Crippen LogP contribution in [0.5, 0.6) is 0 Å². The number of hydrogen-bond donors (Lipinski definition) is 2. The maximum Gasteiger partial charge on any atom is 0.407 e. The molecule has 98 valence electrons. The summed E-state index contributed by atoms with van der Waals surface area (Å²) in [5.41, 5.74) is 5.82. The largest absolute Gasteiger partial charge is 0.443 e. The minimum absolute atomic E-state index is 0.00137. The number of carbonyl (C=O) groups is 1. The van der Waals surface area contributed by atoms with E-state index < -0.39 is 0 Å². The highest BCUT2D eigenvalue weighted by Gasteiger charge is 2.33. The number of carbonyl (C=O) groups excluding carboxylic acids is 1. The highest BCUT2D eigenvalue weighted by Crippen LogP contribution is 2.29. The predicted molar refractivity (Wildman–Crippen MR) is 65.7 cm³/mol. The number of hydrogen-bond acceptors (Lipinski definition) is 4. The Balaban J connectivity index is 1.89. The van der Waals surface area contributed by atoms with Gasteiger partial charge in [-0.2, -0.15) is 0 Å². The SMILES string of the molecule is CCN(CC1CNC(=O)O1)C1CCCC1CN. The first-order valence-corrected chi connectivity index (χ1v) is 6.63. The summed E-state index contributed by atoms with van der Waals surface area (Å²) < 4.78 is 5.20. The topological polar surface area (TPSA) is 67.6 Å². The van der Waals surface area contributed by atoms with Crippen LogP contribution in [-0.2, 0) is 4.74 Å². The minimum atomic E-state index is -0.284. The van der Waals surface area contributed by atoms with Gasteiger partial charge in [0.25, 0.3) is 0 Å². The Kier molecular flexibility index (Phi) is 4.23. The summed E-state index contributed by atoms with van der Waals surface area (Å²) in [6.07, 6.45) is 3.45. The number of alkyl carbamates (subject to hydrolysis) is 1. The average Bonchev–Trinajstić information content (AvgIpc) is 2.94. The molecule has 1 amide bonds. The second-order valence-electron chi connectivity index (χ2n) is 4.99. The van der Waals surface area contributed by atoms with Crippen LogP contribution >= 0.6 is 0 Å². The highest BCUT2D eigenvalue weighted by molar-refractivity contribution is 5.69. The van der Waals surface area contributed by atoms with E-state index in [9.17, 15) is 4.79 Å². The third-order valence-electron chi connectivity index (χ3n) is 3.98. The molecule has 1 heterocycles. The Morgan fingerprint density at radius 3 is 2.94 bits per heavy atom. The molecule has 5 heteroatoms. The lowest BCUT2D eigenvalue weighted by atomic mass is 10.0. The van der Waals surface area contributed by atoms with Crippen molar-refractivity contribution in [3.05, 3.63) is 0 Å². The van der Waals surface area contributed by atoms with Crippen LogP contribution in [0.3, 0.4) is 0 Å². The molecule has 17 heavy (non-hydrogen) atoms. The van der Waals surface area contributed by atoms with E-state index in [1.807, 2.05) is 0 Å². The van der Waals surface area contributed by atoms with Gasteiger partial charge in [0.05, 0.1) is 6.54 Å². The molecule has 3 atom stereocenters. The van der Waals surface area contributed by atoms with Crippen molar-refractivity contribution in [2.45, 2.75) is 38.3 Å². The van der Waals surface area contributed by atoms with Crippen LogP contribution in [-0.4, -0.2) is 49.3 Å². The molecule has 1 aliphatic carbocycles. The van der Waals surface area contributed by atoms with Gasteiger partial charge in [0, 0.05) is 12.6 Å². The lowest BCUT2D eigenvalue weighted by Gasteiger charge is -2.32. The average molecular weight is 241 g/mol. The predicted octanol–water partition coefficient (Wildman–Crippen LogP) is 0.544. The third-order valence-corrected chi connectivity index (χ3v) is 3.98. The number of cyclic esters (lactones) is 1. The monoisotopic (exact) mass is 241 g/mol. The molecule has 1 saturated heterocycles. The lowest BCUT2D eigenvalue weighted by Crippen LogP contribution is -2.44. The van der Waals surface area contributed by atoms with Crippen molar-refractivity contribution in [2.75, 3.05) is 26.2 Å². The highest BCUT2D eigenvalue weighted by atomic mass is 16.6. The van der Waals surface area contributed by atoms with Crippen molar-refractivity contribution in [2.24, 2.45) is 11.7 Å². The molecule has 1 aliphatic heterocycles. The van der Waals surface area contributed by atoms with Crippen molar-refractivity contribution in [1.82, 2.24) is 10.2 Å². The number of nitrogens with two attached hydrogens (primary N) is 1. The third kappa shape index (κ3) is 2.90. The molecule has 0 radical (unpaired) electrons. The summed E-state index contributed by atoms with van der Waals surface area (Å²) in [6, 6.07) is 0.573. The fourth-order valence-electron chi connectivity index (χ4n) is 3.07. The normalized spacial score (nSPS) is 32.9. The van der Waals surface area contributed by atoms with E-state index in [4.69, 9.17) is 10.5 Å². The molecule has 2 aliphatic rings. The van der Waals surface area contributed by atoms with Crippen LogP contribution in [0.2, 0.25) is 0 Å². The number of rotatable bonds is 5. The van der Waals surface area contributed by atoms with Gasteiger partial charge in [0.15, 0.2) is 0 Å². The van der Waals surface area contributed by atoms with Crippen LogP contribution in [0.4, 0.5) is 4.79 Å². The van der Waals surface area contributed by atoms with Gasteiger partial charge < -0.3 is 15.8 Å². The van der Waals surface area contributed by atoms with Gasteiger partial charge >= 0.3 is 6.09 Å². The summed E-state index contributed by atoms with van der Waals surface area (Å²) in [4.78, 5) is 13.4. The first-order valence-electron chi connectivity index (χ1n) is 6.63. The standard InChI is InChI=1S/C12H23N3O2/c1-2-15(8-10-7-14-12(16)17-10)11-5-3-4-9(11)6-13/h9-11H,2-8,13H2,1H3,(H,14,16). The second kappa shape index (κ2) is 5.69. The van der Waals surface area contributed by atoms with Gasteiger partial charge in [-0.05, 0) is 31.8 Å². The Morgan fingerprint density at radius 2 is 2.35 bits per heavy atom. The van der Waals surface area contributed by atoms with Crippen molar-refractivity contribution in [3.8, 4) is 0 Å². The van der Waals surface area contributed by atoms with E-state index in [2.05, 4.69) is 17.1 Å². The van der Waals surface area contributed by atoms with Crippen LogP contribution in [0.1, 0.15) is 26.2 Å². The molecular formula is C12H23N3O2. The number of ether oxygens (including phenoxy) is 1. The van der Waals surface area contributed by atoms with Crippen molar-refractivity contribution in [3.63, 3.8) is 0 Å². The lowest BCUT2D eigenvalue weighted by molar-refractivity contribution is 0.0823. The van der Waals surface area contributed by atoms with E-state index in [-0.39, 0.29) is 12.2 Å². The first-order chi connectivity index (χ1) is 8.24. The minimum Gasteiger partial charge on any atom is -0.443 e. The Labute approximate surface area is 103 Å². The van der Waals surface area contributed by atoms with Crippen LogP contribution < -0.4 is 11.1 Å². The molecule has 0 spiro atoms. The fourth-order valence-corrected chi connectivity index (χ4v) is 3.07. The molecule has 0 aromatic heterocycles. The second-order valence-corrected chi connectivity index (χ2v) is 4.99. The summed E-state index contributed by atoms with van der Waals surface area (Å²) in [7, 11) is 0. The van der Waals surface area contributed by atoms with Gasteiger partial charge in [-0.3, -0.25) is 4.90 Å². The molecule has 0 aromatic carbocycles. The zero-order valence-electron chi connectivity index (χ0n) is 10.5. The van der Waals surface area contributed by atoms with Gasteiger partial charge in [-0.15, -0.1) is 0 Å². The van der Waals surface area contributed by atoms with Crippen molar-refractivity contribution in [1.29, 1.82) is 0 Å². The summed E-state index contributed by atoms with van der Waals surface area (Å²) >= 11 is 0. The summed E-state index contributed by atoms with van der Waals surface area (Å²) in [5.74, 6) is 0.611. The van der Waals surface area contributed by atoms with E-state index in [1.165, 1.54) is 19.3 Å².